The van der Waals surface area contributed by atoms with Crippen LogP contribution in [-0.2, 0) is 6.54 Å². The highest BCUT2D eigenvalue weighted by Gasteiger charge is 2.36. The first-order chi connectivity index (χ1) is 9.27. The molecule has 1 aliphatic carbocycles. The van der Waals surface area contributed by atoms with E-state index in [1.165, 1.54) is 31.7 Å². The van der Waals surface area contributed by atoms with Crippen LogP contribution < -0.4 is 5.32 Å². The molecule has 0 saturated heterocycles. The van der Waals surface area contributed by atoms with E-state index in [9.17, 15) is 4.39 Å². The summed E-state index contributed by atoms with van der Waals surface area (Å²) in [4.78, 5) is 4.66. The molecule has 0 bridgehead atoms. The lowest BCUT2D eigenvalue weighted by Gasteiger charge is -2.31. The molecule has 4 heteroatoms. The molecule has 2 aliphatic rings. The summed E-state index contributed by atoms with van der Waals surface area (Å²) < 4.78 is 13.5. The van der Waals surface area contributed by atoms with Crippen molar-refractivity contribution in [3.8, 4) is 0 Å². The summed E-state index contributed by atoms with van der Waals surface area (Å²) in [6.07, 6.45) is 5.36. The zero-order valence-electron chi connectivity index (χ0n) is 11.0. The van der Waals surface area contributed by atoms with Gasteiger partial charge in [-0.2, -0.15) is 0 Å². The smallest absolute Gasteiger partial charge is 0.156 e. The average Bonchev–Trinajstić information content (AvgIpc) is 2.88. The fourth-order valence-corrected chi connectivity index (χ4v) is 4.05. The van der Waals surface area contributed by atoms with Gasteiger partial charge in [0.05, 0.1) is 0 Å². The third-order valence-electron chi connectivity index (χ3n) is 4.13. The third-order valence-corrected chi connectivity index (χ3v) is 5.43. The van der Waals surface area contributed by atoms with Crippen molar-refractivity contribution in [3.63, 3.8) is 0 Å². The van der Waals surface area contributed by atoms with Crippen molar-refractivity contribution >= 4 is 16.9 Å². The maximum atomic E-state index is 13.5. The van der Waals surface area contributed by atoms with Gasteiger partial charge in [-0.3, -0.25) is 4.99 Å². The van der Waals surface area contributed by atoms with Crippen LogP contribution in [0.4, 0.5) is 4.39 Å². The van der Waals surface area contributed by atoms with Crippen molar-refractivity contribution in [1.29, 1.82) is 0 Å². The molecular weight excluding hydrogens is 259 g/mol. The number of nitrogens with one attached hydrogen (secondary N) is 1. The molecule has 3 rings (SSSR count). The van der Waals surface area contributed by atoms with Crippen LogP contribution in [0.5, 0.6) is 0 Å². The number of amidine groups is 1. The van der Waals surface area contributed by atoms with E-state index in [0.29, 0.717) is 17.5 Å². The van der Waals surface area contributed by atoms with Gasteiger partial charge < -0.3 is 5.32 Å². The zero-order valence-corrected chi connectivity index (χ0v) is 11.8. The maximum absolute atomic E-state index is 13.5. The fraction of sp³-hybridized carbons (Fsp3) is 0.533. The molecule has 1 spiro atoms. The minimum Gasteiger partial charge on any atom is -0.361 e. The Kier molecular flexibility index (Phi) is 3.78. The number of hydrogen-bond donors (Lipinski definition) is 1. The molecule has 1 aliphatic heterocycles. The summed E-state index contributed by atoms with van der Waals surface area (Å²) in [6.45, 7) is 1.46. The number of nitrogens with zero attached hydrogens (tertiary/aromatic N) is 1. The van der Waals surface area contributed by atoms with Gasteiger partial charge in [0, 0.05) is 24.4 Å². The van der Waals surface area contributed by atoms with Gasteiger partial charge in [0.25, 0.3) is 0 Å². The molecule has 1 heterocycles. The third kappa shape index (κ3) is 2.94. The SMILES string of the molecule is Fc1ccccc1CNC1=NCC2(CCCC2)CS1. The van der Waals surface area contributed by atoms with Gasteiger partial charge >= 0.3 is 0 Å². The predicted octanol–water partition coefficient (Wildman–Crippen LogP) is 3.58. The van der Waals surface area contributed by atoms with E-state index >= 15 is 0 Å². The van der Waals surface area contributed by atoms with Gasteiger partial charge in [0.15, 0.2) is 5.17 Å². The number of halogens is 1. The van der Waals surface area contributed by atoms with E-state index in [1.54, 1.807) is 17.8 Å². The van der Waals surface area contributed by atoms with Crippen molar-refractivity contribution < 1.29 is 4.39 Å². The van der Waals surface area contributed by atoms with Crippen molar-refractivity contribution in [1.82, 2.24) is 5.32 Å². The fourth-order valence-electron chi connectivity index (χ4n) is 2.90. The first-order valence-corrected chi connectivity index (χ1v) is 7.91. The molecule has 0 unspecified atom stereocenters. The molecular formula is C15H19FN2S. The number of aliphatic imine (C=N–C) groups is 1. The van der Waals surface area contributed by atoms with E-state index in [1.807, 2.05) is 12.1 Å². The van der Waals surface area contributed by atoms with Crippen LogP contribution in [0.2, 0.25) is 0 Å². The summed E-state index contributed by atoms with van der Waals surface area (Å²) in [7, 11) is 0. The molecule has 1 saturated carbocycles. The lowest BCUT2D eigenvalue weighted by molar-refractivity contribution is 0.358. The van der Waals surface area contributed by atoms with Crippen LogP contribution in [0.3, 0.4) is 0 Å². The van der Waals surface area contributed by atoms with Crippen LogP contribution in [0, 0.1) is 11.2 Å². The predicted molar refractivity (Wildman–Crippen MR) is 78.9 cm³/mol. The van der Waals surface area contributed by atoms with E-state index in [-0.39, 0.29) is 5.82 Å². The molecule has 1 fully saturated rings. The van der Waals surface area contributed by atoms with Crippen molar-refractivity contribution in [2.75, 3.05) is 12.3 Å². The average molecular weight is 278 g/mol. The molecule has 0 amide bonds. The standard InChI is InChI=1S/C15H19FN2S/c16-13-6-2-1-5-12(13)9-17-14-18-10-15(11-19-14)7-3-4-8-15/h1-2,5-6H,3-4,7-11H2,(H,17,18). The van der Waals surface area contributed by atoms with Gasteiger partial charge in [-0.15, -0.1) is 0 Å². The second-order valence-corrected chi connectivity index (χ2v) is 6.53. The summed E-state index contributed by atoms with van der Waals surface area (Å²) in [5.41, 5.74) is 1.17. The van der Waals surface area contributed by atoms with E-state index in [4.69, 9.17) is 0 Å². The Morgan fingerprint density at radius 1 is 1.26 bits per heavy atom. The first kappa shape index (κ1) is 13.0. The lowest BCUT2D eigenvalue weighted by atomic mass is 9.89. The van der Waals surface area contributed by atoms with Crippen LogP contribution >= 0.6 is 11.8 Å². The number of rotatable bonds is 2. The van der Waals surface area contributed by atoms with Crippen LogP contribution in [-0.4, -0.2) is 17.5 Å². The van der Waals surface area contributed by atoms with Gasteiger partial charge in [0.2, 0.25) is 0 Å². The first-order valence-electron chi connectivity index (χ1n) is 6.92. The second-order valence-electron chi connectivity index (χ2n) is 5.56. The van der Waals surface area contributed by atoms with E-state index < -0.39 is 0 Å². The summed E-state index contributed by atoms with van der Waals surface area (Å²) in [5.74, 6) is 1.01. The molecule has 19 heavy (non-hydrogen) atoms. The van der Waals surface area contributed by atoms with Gasteiger partial charge in [-0.05, 0) is 24.3 Å². The largest absolute Gasteiger partial charge is 0.361 e. The second kappa shape index (κ2) is 5.53. The summed E-state index contributed by atoms with van der Waals surface area (Å²) >= 11 is 1.80. The highest BCUT2D eigenvalue weighted by Crippen LogP contribution is 2.43. The van der Waals surface area contributed by atoms with Crippen molar-refractivity contribution in [2.24, 2.45) is 10.4 Å². The molecule has 0 aromatic heterocycles. The number of benzene rings is 1. The molecule has 0 atom stereocenters. The quantitative estimate of drug-likeness (QED) is 0.894. The van der Waals surface area contributed by atoms with Crippen LogP contribution in [0.25, 0.3) is 0 Å². The Hall–Kier alpha value is -1.03. The monoisotopic (exact) mass is 278 g/mol. The van der Waals surface area contributed by atoms with Gasteiger partial charge in [-0.25, -0.2) is 4.39 Å². The summed E-state index contributed by atoms with van der Waals surface area (Å²) in [5, 5.41) is 4.23. The normalized spacial score (nSPS) is 21.4. The lowest BCUT2D eigenvalue weighted by Crippen LogP contribution is -2.33. The highest BCUT2D eigenvalue weighted by molar-refractivity contribution is 8.13. The van der Waals surface area contributed by atoms with E-state index in [2.05, 4.69) is 10.3 Å². The van der Waals surface area contributed by atoms with Crippen LogP contribution in [0.15, 0.2) is 29.3 Å². The summed E-state index contributed by atoms with van der Waals surface area (Å²) in [6, 6.07) is 6.90. The number of thioether (sulfide) groups is 1. The minimum atomic E-state index is -0.149. The van der Waals surface area contributed by atoms with Gasteiger partial charge in [-0.1, -0.05) is 42.8 Å². The Morgan fingerprint density at radius 3 is 2.74 bits per heavy atom. The molecule has 2 nitrogen and oxygen atoms in total. The Morgan fingerprint density at radius 2 is 2.05 bits per heavy atom. The van der Waals surface area contributed by atoms with Gasteiger partial charge in [0.1, 0.15) is 5.82 Å². The number of hydrogen-bond acceptors (Lipinski definition) is 3. The Labute approximate surface area is 117 Å². The van der Waals surface area contributed by atoms with Crippen molar-refractivity contribution in [3.05, 3.63) is 35.6 Å². The van der Waals surface area contributed by atoms with E-state index in [0.717, 1.165) is 17.5 Å². The Balaban J connectivity index is 1.57. The van der Waals surface area contributed by atoms with Crippen molar-refractivity contribution in [2.45, 2.75) is 32.2 Å². The topological polar surface area (TPSA) is 24.4 Å². The maximum Gasteiger partial charge on any atom is 0.156 e. The molecule has 0 radical (unpaired) electrons. The Bertz CT molecular complexity index is 481. The molecule has 1 aromatic carbocycles. The van der Waals surface area contributed by atoms with Crippen LogP contribution in [0.1, 0.15) is 31.2 Å². The molecule has 1 aromatic rings. The zero-order chi connectivity index (χ0) is 13.1. The molecule has 1 N–H and O–H groups in total. The minimum absolute atomic E-state index is 0.149. The molecule has 102 valence electrons. The highest BCUT2D eigenvalue weighted by atomic mass is 32.2.